The number of hydrogen-bond acceptors (Lipinski definition) is 5. The summed E-state index contributed by atoms with van der Waals surface area (Å²) in [5.41, 5.74) is 0.825. The van der Waals surface area contributed by atoms with E-state index in [1.807, 2.05) is 26.8 Å². The van der Waals surface area contributed by atoms with Gasteiger partial charge in [0.25, 0.3) is 0 Å². The summed E-state index contributed by atoms with van der Waals surface area (Å²) in [7, 11) is 0. The lowest BCUT2D eigenvalue weighted by Gasteiger charge is -2.45. The Morgan fingerprint density at radius 3 is 1.88 bits per heavy atom. The summed E-state index contributed by atoms with van der Waals surface area (Å²) < 4.78 is 11.1. The van der Waals surface area contributed by atoms with E-state index >= 15 is 0 Å². The summed E-state index contributed by atoms with van der Waals surface area (Å²) in [5.74, 6) is 0.305. The molecule has 0 spiro atoms. The molecule has 0 aromatic heterocycles. The van der Waals surface area contributed by atoms with E-state index in [0.717, 1.165) is 39.4 Å². The standard InChI is InChI=1S/C21H32N2O3/c1-21(2,3)20(24)19(23-11-15-26-16-12-23)18(17-7-5-4-6-8-17)22-9-13-25-14-10-22/h4-8,18-19H,9-16H2,1-3H3/t18-,19+/m0/s1. The van der Waals surface area contributed by atoms with Crippen LogP contribution in [0.4, 0.5) is 0 Å². The van der Waals surface area contributed by atoms with Gasteiger partial charge in [-0.1, -0.05) is 51.1 Å². The van der Waals surface area contributed by atoms with Crippen LogP contribution in [0, 0.1) is 5.41 Å². The van der Waals surface area contributed by atoms with Crippen molar-refractivity contribution in [3.05, 3.63) is 35.9 Å². The van der Waals surface area contributed by atoms with Crippen LogP contribution >= 0.6 is 0 Å². The Bertz CT molecular complexity index is 573. The monoisotopic (exact) mass is 360 g/mol. The highest BCUT2D eigenvalue weighted by Gasteiger charge is 2.42. The highest BCUT2D eigenvalue weighted by molar-refractivity contribution is 5.89. The second kappa shape index (κ2) is 8.61. The van der Waals surface area contributed by atoms with Crippen LogP contribution in [0.1, 0.15) is 32.4 Å². The summed E-state index contributed by atoms with van der Waals surface area (Å²) in [4.78, 5) is 18.4. The third kappa shape index (κ3) is 4.52. The fraction of sp³-hybridized carbons (Fsp3) is 0.667. The first kappa shape index (κ1) is 19.5. The van der Waals surface area contributed by atoms with Gasteiger partial charge in [0.05, 0.1) is 38.5 Å². The number of Topliss-reactive ketones (excluding diaryl/α,β-unsaturated/α-hetero) is 1. The Morgan fingerprint density at radius 1 is 0.885 bits per heavy atom. The Labute approximate surface area is 157 Å². The summed E-state index contributed by atoms with van der Waals surface area (Å²) in [6.45, 7) is 12.3. The van der Waals surface area contributed by atoms with Crippen LogP contribution in [0.15, 0.2) is 30.3 Å². The maximum Gasteiger partial charge on any atom is 0.157 e. The Hall–Kier alpha value is -1.27. The predicted molar refractivity (Wildman–Crippen MR) is 102 cm³/mol. The van der Waals surface area contributed by atoms with Gasteiger partial charge in [0.2, 0.25) is 0 Å². The molecule has 0 saturated carbocycles. The molecule has 2 aliphatic rings. The van der Waals surface area contributed by atoms with E-state index in [4.69, 9.17) is 9.47 Å². The van der Waals surface area contributed by atoms with Gasteiger partial charge in [0.15, 0.2) is 5.78 Å². The van der Waals surface area contributed by atoms with Gasteiger partial charge in [-0.15, -0.1) is 0 Å². The number of benzene rings is 1. The Kier molecular flexibility index (Phi) is 6.46. The molecule has 144 valence electrons. The van der Waals surface area contributed by atoms with Crippen LogP contribution < -0.4 is 0 Å². The summed E-state index contributed by atoms with van der Waals surface area (Å²) in [6, 6.07) is 10.4. The number of nitrogens with zero attached hydrogens (tertiary/aromatic N) is 2. The third-order valence-electron chi connectivity index (χ3n) is 5.33. The van der Waals surface area contributed by atoms with Crippen molar-refractivity contribution in [2.45, 2.75) is 32.9 Å². The Morgan fingerprint density at radius 2 is 1.38 bits per heavy atom. The predicted octanol–water partition coefficient (Wildman–Crippen LogP) is 2.38. The molecule has 0 bridgehead atoms. The van der Waals surface area contributed by atoms with Crippen LogP contribution in [0.5, 0.6) is 0 Å². The van der Waals surface area contributed by atoms with E-state index in [0.29, 0.717) is 19.0 Å². The average molecular weight is 360 g/mol. The SMILES string of the molecule is CC(C)(C)C(=O)[C@@H]([C@H](c1ccccc1)N1CCOCC1)N1CCOCC1. The summed E-state index contributed by atoms with van der Waals surface area (Å²) >= 11 is 0. The van der Waals surface area contributed by atoms with Crippen molar-refractivity contribution >= 4 is 5.78 Å². The number of morpholine rings is 2. The second-order valence-electron chi connectivity index (χ2n) is 8.21. The zero-order chi connectivity index (χ0) is 18.6. The highest BCUT2D eigenvalue weighted by Crippen LogP contribution is 2.33. The van der Waals surface area contributed by atoms with Crippen LogP contribution in [-0.4, -0.2) is 74.2 Å². The molecule has 5 heteroatoms. The van der Waals surface area contributed by atoms with Gasteiger partial charge in [-0.05, 0) is 5.56 Å². The number of carbonyl (C=O) groups is 1. The normalized spacial score (nSPS) is 22.7. The number of hydrogen-bond donors (Lipinski definition) is 0. The minimum Gasteiger partial charge on any atom is -0.379 e. The van der Waals surface area contributed by atoms with Crippen molar-refractivity contribution in [2.75, 3.05) is 52.6 Å². The average Bonchev–Trinajstić information content (AvgIpc) is 2.67. The van der Waals surface area contributed by atoms with Crippen LogP contribution in [-0.2, 0) is 14.3 Å². The zero-order valence-corrected chi connectivity index (χ0v) is 16.3. The van der Waals surface area contributed by atoms with Gasteiger partial charge in [-0.3, -0.25) is 14.6 Å². The van der Waals surface area contributed by atoms with Gasteiger partial charge in [0, 0.05) is 31.6 Å². The van der Waals surface area contributed by atoms with Crippen LogP contribution in [0.25, 0.3) is 0 Å². The maximum atomic E-state index is 13.6. The number of carbonyl (C=O) groups excluding carboxylic acids is 1. The number of ether oxygens (including phenoxy) is 2. The first-order valence-corrected chi connectivity index (χ1v) is 9.71. The van der Waals surface area contributed by atoms with Crippen molar-refractivity contribution in [2.24, 2.45) is 5.41 Å². The minimum absolute atomic E-state index is 0.0462. The molecular formula is C21H32N2O3. The molecule has 2 heterocycles. The van der Waals surface area contributed by atoms with Gasteiger partial charge >= 0.3 is 0 Å². The van der Waals surface area contributed by atoms with Crippen molar-refractivity contribution in [1.82, 2.24) is 9.80 Å². The highest BCUT2D eigenvalue weighted by atomic mass is 16.5. The molecule has 1 aromatic rings. The molecule has 0 radical (unpaired) electrons. The van der Waals surface area contributed by atoms with E-state index in [-0.39, 0.29) is 17.5 Å². The molecule has 3 rings (SSSR count). The smallest absolute Gasteiger partial charge is 0.157 e. The lowest BCUT2D eigenvalue weighted by molar-refractivity contribution is -0.138. The molecule has 1 aromatic carbocycles. The maximum absolute atomic E-state index is 13.6. The molecule has 26 heavy (non-hydrogen) atoms. The largest absolute Gasteiger partial charge is 0.379 e. The molecule has 0 unspecified atom stereocenters. The summed E-state index contributed by atoms with van der Waals surface area (Å²) in [6.07, 6.45) is 0. The molecule has 2 atom stereocenters. The van der Waals surface area contributed by atoms with E-state index in [2.05, 4.69) is 34.1 Å². The zero-order valence-electron chi connectivity index (χ0n) is 16.3. The summed E-state index contributed by atoms with van der Waals surface area (Å²) in [5, 5.41) is 0. The van der Waals surface area contributed by atoms with Gasteiger partial charge in [-0.25, -0.2) is 0 Å². The quantitative estimate of drug-likeness (QED) is 0.806. The molecule has 5 nitrogen and oxygen atoms in total. The van der Waals surface area contributed by atoms with E-state index in [1.165, 1.54) is 5.56 Å². The molecule has 2 fully saturated rings. The van der Waals surface area contributed by atoms with E-state index < -0.39 is 0 Å². The second-order valence-corrected chi connectivity index (χ2v) is 8.21. The van der Waals surface area contributed by atoms with Crippen molar-refractivity contribution in [3.8, 4) is 0 Å². The van der Waals surface area contributed by atoms with Gasteiger partial charge < -0.3 is 9.47 Å². The Balaban J connectivity index is 2.00. The fourth-order valence-corrected chi connectivity index (χ4v) is 3.91. The molecule has 2 saturated heterocycles. The minimum atomic E-state index is -0.387. The lowest BCUT2D eigenvalue weighted by atomic mass is 9.80. The topological polar surface area (TPSA) is 42.0 Å². The number of rotatable bonds is 5. The first-order valence-electron chi connectivity index (χ1n) is 9.71. The van der Waals surface area contributed by atoms with Gasteiger partial charge in [-0.2, -0.15) is 0 Å². The molecule has 0 amide bonds. The number of ketones is 1. The van der Waals surface area contributed by atoms with E-state index in [1.54, 1.807) is 0 Å². The molecule has 0 aliphatic carbocycles. The first-order chi connectivity index (χ1) is 12.5. The van der Waals surface area contributed by atoms with Crippen LogP contribution in [0.3, 0.4) is 0 Å². The lowest BCUT2D eigenvalue weighted by Crippen LogP contribution is -2.57. The van der Waals surface area contributed by atoms with Crippen molar-refractivity contribution in [1.29, 1.82) is 0 Å². The molecular weight excluding hydrogens is 328 g/mol. The van der Waals surface area contributed by atoms with E-state index in [9.17, 15) is 4.79 Å². The third-order valence-corrected chi connectivity index (χ3v) is 5.33. The fourth-order valence-electron chi connectivity index (χ4n) is 3.91. The van der Waals surface area contributed by atoms with Crippen molar-refractivity contribution < 1.29 is 14.3 Å². The van der Waals surface area contributed by atoms with Gasteiger partial charge in [0.1, 0.15) is 0 Å². The molecule has 0 N–H and O–H groups in total. The van der Waals surface area contributed by atoms with Crippen molar-refractivity contribution in [3.63, 3.8) is 0 Å². The molecule has 2 aliphatic heterocycles. The van der Waals surface area contributed by atoms with Crippen LogP contribution in [0.2, 0.25) is 0 Å².